The number of piperidine rings is 1. The zero-order valence-electron chi connectivity index (χ0n) is 6.71. The summed E-state index contributed by atoms with van der Waals surface area (Å²) < 4.78 is 5.34. The van der Waals surface area contributed by atoms with Gasteiger partial charge in [0.1, 0.15) is 6.61 Å². The first kappa shape index (κ1) is 9.77. The van der Waals surface area contributed by atoms with E-state index in [0.29, 0.717) is 0 Å². The van der Waals surface area contributed by atoms with Crippen LogP contribution in [0.3, 0.4) is 0 Å². The molecule has 1 amide bonds. The molecular formula is C7H13ClN2O2. The van der Waals surface area contributed by atoms with Crippen LogP contribution >= 0.6 is 12.4 Å². The first-order valence-electron chi connectivity index (χ1n) is 3.98. The van der Waals surface area contributed by atoms with Crippen LogP contribution in [0.4, 0.5) is 0 Å². The predicted octanol–water partition coefficient (Wildman–Crippen LogP) is -0.715. The Bertz CT molecular complexity index is 177. The molecule has 12 heavy (non-hydrogen) atoms. The molecule has 0 aromatic carbocycles. The molecular weight excluding hydrogens is 180 g/mol. The molecule has 2 saturated heterocycles. The summed E-state index contributed by atoms with van der Waals surface area (Å²) in [6.07, 6.45) is 1.25. The third kappa shape index (κ3) is 1.88. The van der Waals surface area contributed by atoms with Crippen LogP contribution in [0.25, 0.3) is 0 Å². The fourth-order valence-corrected chi connectivity index (χ4v) is 1.61. The zero-order valence-corrected chi connectivity index (χ0v) is 7.52. The highest BCUT2D eigenvalue weighted by Gasteiger charge is 2.31. The molecule has 2 N–H and O–H groups in total. The third-order valence-electron chi connectivity index (χ3n) is 2.19. The first-order valence-corrected chi connectivity index (χ1v) is 3.98. The van der Waals surface area contributed by atoms with Gasteiger partial charge in [0.15, 0.2) is 0 Å². The van der Waals surface area contributed by atoms with Gasteiger partial charge in [0.05, 0.1) is 12.1 Å². The molecule has 2 aliphatic rings. The van der Waals surface area contributed by atoms with E-state index < -0.39 is 0 Å². The Hall–Kier alpha value is -0.320. The molecule has 0 radical (unpaired) electrons. The van der Waals surface area contributed by atoms with Crippen molar-refractivity contribution in [3.05, 3.63) is 0 Å². The Morgan fingerprint density at radius 2 is 2.33 bits per heavy atom. The summed E-state index contributed by atoms with van der Waals surface area (Å²) >= 11 is 0. The van der Waals surface area contributed by atoms with Crippen LogP contribution in [0.15, 0.2) is 0 Å². The summed E-state index contributed by atoms with van der Waals surface area (Å²) in [6, 6.07) is 0.199. The van der Waals surface area contributed by atoms with Gasteiger partial charge >= 0.3 is 0 Å². The van der Waals surface area contributed by atoms with Crippen molar-refractivity contribution in [2.75, 3.05) is 19.7 Å². The lowest BCUT2D eigenvalue weighted by Crippen LogP contribution is -2.59. The Morgan fingerprint density at radius 1 is 1.50 bits per heavy atom. The second-order valence-electron chi connectivity index (χ2n) is 3.02. The molecule has 5 heteroatoms. The molecule has 0 saturated carbocycles. The molecule has 2 heterocycles. The van der Waals surface area contributed by atoms with Crippen molar-refractivity contribution in [3.63, 3.8) is 0 Å². The minimum absolute atomic E-state index is 0. The highest BCUT2D eigenvalue weighted by atomic mass is 35.5. The zero-order chi connectivity index (χ0) is 7.68. The van der Waals surface area contributed by atoms with Gasteiger partial charge in [0.25, 0.3) is 0 Å². The van der Waals surface area contributed by atoms with Gasteiger partial charge in [-0.15, -0.1) is 12.4 Å². The number of morpholine rings is 1. The number of fused-ring (bicyclic) bond motifs is 1. The van der Waals surface area contributed by atoms with E-state index in [1.807, 2.05) is 0 Å². The van der Waals surface area contributed by atoms with Crippen molar-refractivity contribution in [2.45, 2.75) is 18.6 Å². The quantitative estimate of drug-likeness (QED) is 0.533. The second-order valence-corrected chi connectivity index (χ2v) is 3.02. The normalized spacial score (nSPS) is 34.5. The van der Waals surface area contributed by atoms with Crippen molar-refractivity contribution in [1.29, 1.82) is 0 Å². The predicted molar refractivity (Wildman–Crippen MR) is 46.4 cm³/mol. The average Bonchev–Trinajstić information content (AvgIpc) is 2.04. The lowest BCUT2D eigenvalue weighted by Gasteiger charge is -2.35. The third-order valence-corrected chi connectivity index (χ3v) is 2.19. The summed E-state index contributed by atoms with van der Waals surface area (Å²) in [5, 5.41) is 6.10. The van der Waals surface area contributed by atoms with Gasteiger partial charge in [-0.25, -0.2) is 0 Å². The standard InChI is InChI=1S/C7H12N2O2.ClH/c10-7-4-11-6-1-2-8-3-5(6)9-7;/h5-6,8H,1-4H2,(H,9,10);1H. The highest BCUT2D eigenvalue weighted by molar-refractivity contribution is 5.85. The Balaban J connectivity index is 0.000000720. The molecule has 0 aliphatic carbocycles. The second kappa shape index (κ2) is 4.07. The molecule has 2 fully saturated rings. The maximum atomic E-state index is 10.9. The van der Waals surface area contributed by atoms with Gasteiger partial charge in [-0.05, 0) is 13.0 Å². The van der Waals surface area contributed by atoms with Gasteiger partial charge in [-0.1, -0.05) is 0 Å². The summed E-state index contributed by atoms with van der Waals surface area (Å²) in [5.74, 6) is 0.00921. The number of halogens is 1. The number of hydrogen-bond acceptors (Lipinski definition) is 3. The van der Waals surface area contributed by atoms with Crippen LogP contribution in [-0.2, 0) is 9.53 Å². The van der Waals surface area contributed by atoms with Crippen molar-refractivity contribution in [1.82, 2.24) is 10.6 Å². The molecule has 4 nitrogen and oxygen atoms in total. The van der Waals surface area contributed by atoms with Crippen molar-refractivity contribution >= 4 is 18.3 Å². The van der Waals surface area contributed by atoms with E-state index in [4.69, 9.17) is 4.74 Å². The molecule has 0 aromatic heterocycles. The van der Waals surface area contributed by atoms with Gasteiger partial charge in [0.2, 0.25) is 5.91 Å². The van der Waals surface area contributed by atoms with Crippen molar-refractivity contribution in [3.8, 4) is 0 Å². The lowest BCUT2D eigenvalue weighted by molar-refractivity contribution is -0.138. The Morgan fingerprint density at radius 3 is 3.17 bits per heavy atom. The number of carbonyl (C=O) groups excluding carboxylic acids is 1. The van der Waals surface area contributed by atoms with Gasteiger partial charge in [-0.2, -0.15) is 0 Å². The number of nitrogens with one attached hydrogen (secondary N) is 2. The van der Waals surface area contributed by atoms with E-state index in [0.717, 1.165) is 19.5 Å². The average molecular weight is 193 g/mol. The van der Waals surface area contributed by atoms with Gasteiger partial charge in [-0.3, -0.25) is 4.79 Å². The van der Waals surface area contributed by atoms with E-state index in [2.05, 4.69) is 10.6 Å². The SMILES string of the molecule is Cl.O=C1COC2CCNCC2N1. The highest BCUT2D eigenvalue weighted by Crippen LogP contribution is 2.11. The molecule has 2 atom stereocenters. The summed E-state index contributed by atoms with van der Waals surface area (Å²) in [4.78, 5) is 10.9. The Kier molecular flexibility index (Phi) is 3.31. The van der Waals surface area contributed by atoms with Crippen LogP contribution < -0.4 is 10.6 Å². The fraction of sp³-hybridized carbons (Fsp3) is 0.857. The van der Waals surface area contributed by atoms with Crippen LogP contribution in [0, 0.1) is 0 Å². The molecule has 0 aromatic rings. The van der Waals surface area contributed by atoms with Gasteiger partial charge in [0, 0.05) is 6.54 Å². The minimum Gasteiger partial charge on any atom is -0.366 e. The molecule has 2 unspecified atom stereocenters. The van der Waals surface area contributed by atoms with E-state index >= 15 is 0 Å². The summed E-state index contributed by atoms with van der Waals surface area (Å²) in [6.45, 7) is 2.08. The largest absolute Gasteiger partial charge is 0.366 e. The number of amides is 1. The van der Waals surface area contributed by atoms with Crippen LogP contribution in [0.2, 0.25) is 0 Å². The fourth-order valence-electron chi connectivity index (χ4n) is 1.61. The Labute approximate surface area is 77.4 Å². The number of ether oxygens (including phenoxy) is 1. The molecule has 70 valence electrons. The number of rotatable bonds is 0. The summed E-state index contributed by atoms with van der Waals surface area (Å²) in [5.41, 5.74) is 0. The summed E-state index contributed by atoms with van der Waals surface area (Å²) in [7, 11) is 0. The van der Waals surface area contributed by atoms with E-state index in [1.54, 1.807) is 0 Å². The van der Waals surface area contributed by atoms with E-state index in [-0.39, 0.29) is 37.1 Å². The maximum absolute atomic E-state index is 10.9. The number of hydrogen-bond donors (Lipinski definition) is 2. The minimum atomic E-state index is 0. The molecule has 0 bridgehead atoms. The molecule has 2 aliphatic heterocycles. The maximum Gasteiger partial charge on any atom is 0.246 e. The first-order chi connectivity index (χ1) is 5.36. The smallest absolute Gasteiger partial charge is 0.246 e. The lowest BCUT2D eigenvalue weighted by atomic mass is 10.0. The van der Waals surface area contributed by atoms with Gasteiger partial charge < -0.3 is 15.4 Å². The molecule has 2 rings (SSSR count). The van der Waals surface area contributed by atoms with Crippen LogP contribution in [-0.4, -0.2) is 37.7 Å². The number of carbonyl (C=O) groups is 1. The van der Waals surface area contributed by atoms with Crippen molar-refractivity contribution in [2.24, 2.45) is 0 Å². The van der Waals surface area contributed by atoms with Crippen molar-refractivity contribution < 1.29 is 9.53 Å². The van der Waals surface area contributed by atoms with E-state index in [1.165, 1.54) is 0 Å². The van der Waals surface area contributed by atoms with Crippen LogP contribution in [0.5, 0.6) is 0 Å². The topological polar surface area (TPSA) is 50.4 Å². The molecule has 0 spiro atoms. The monoisotopic (exact) mass is 192 g/mol. The van der Waals surface area contributed by atoms with Crippen LogP contribution in [0.1, 0.15) is 6.42 Å². The van der Waals surface area contributed by atoms with E-state index in [9.17, 15) is 4.79 Å².